The first-order valence-electron chi connectivity index (χ1n) is 8.14. The van der Waals surface area contributed by atoms with Gasteiger partial charge in [-0.1, -0.05) is 6.07 Å². The molecular weight excluding hydrogens is 342 g/mol. The molecule has 136 valence electrons. The molecule has 0 unspecified atom stereocenters. The number of pyridine rings is 1. The Morgan fingerprint density at radius 3 is 2.58 bits per heavy atom. The fourth-order valence-corrected chi connectivity index (χ4v) is 2.73. The van der Waals surface area contributed by atoms with Crippen molar-refractivity contribution in [2.75, 3.05) is 6.61 Å². The number of imidazole rings is 1. The van der Waals surface area contributed by atoms with Gasteiger partial charge in [-0.2, -0.15) is 0 Å². The predicted molar refractivity (Wildman–Crippen MR) is 91.3 cm³/mol. The van der Waals surface area contributed by atoms with Crippen LogP contribution in [-0.2, 0) is 11.3 Å². The van der Waals surface area contributed by atoms with Crippen LogP contribution < -0.4 is 4.74 Å². The first kappa shape index (κ1) is 17.8. The van der Waals surface area contributed by atoms with E-state index in [0.29, 0.717) is 22.8 Å². The Morgan fingerprint density at radius 1 is 1.23 bits per heavy atom. The van der Waals surface area contributed by atoms with Crippen molar-refractivity contribution < 1.29 is 23.0 Å². The third-order valence-electron chi connectivity index (χ3n) is 3.90. The van der Waals surface area contributed by atoms with Gasteiger partial charge in [0.25, 0.3) is 0 Å². The van der Waals surface area contributed by atoms with Gasteiger partial charge >= 0.3 is 5.97 Å². The highest BCUT2D eigenvalue weighted by Crippen LogP contribution is 2.26. The third-order valence-corrected chi connectivity index (χ3v) is 3.90. The summed E-state index contributed by atoms with van der Waals surface area (Å²) in [6.07, 6.45) is 1.73. The Hall–Kier alpha value is -2.96. The van der Waals surface area contributed by atoms with Crippen molar-refractivity contribution in [2.24, 2.45) is 0 Å². The van der Waals surface area contributed by atoms with Crippen LogP contribution in [0.5, 0.6) is 5.75 Å². The van der Waals surface area contributed by atoms with E-state index in [4.69, 9.17) is 9.47 Å². The van der Waals surface area contributed by atoms with E-state index in [9.17, 15) is 13.6 Å². The van der Waals surface area contributed by atoms with Crippen LogP contribution in [0, 0.1) is 25.5 Å². The lowest BCUT2D eigenvalue weighted by Crippen LogP contribution is -2.10. The average Bonchev–Trinajstić information content (AvgIpc) is 2.90. The second-order valence-electron chi connectivity index (χ2n) is 5.83. The van der Waals surface area contributed by atoms with Crippen LogP contribution in [0.4, 0.5) is 8.78 Å². The topological polar surface area (TPSA) is 52.8 Å². The highest BCUT2D eigenvalue weighted by molar-refractivity contribution is 5.90. The maximum Gasteiger partial charge on any atom is 0.357 e. The van der Waals surface area contributed by atoms with Crippen molar-refractivity contribution in [3.8, 4) is 5.75 Å². The molecule has 0 saturated heterocycles. The average molecular weight is 360 g/mol. The molecule has 26 heavy (non-hydrogen) atoms. The van der Waals surface area contributed by atoms with Gasteiger partial charge in [-0.3, -0.25) is 4.40 Å². The standard InChI is InChI=1S/C19H18F2N2O3/c1-4-25-19(24)17-12(3)22-18-16(8-11(2)9-23(17)18)26-10-13-14(20)6-5-7-15(13)21/h5-9H,4,10H2,1-3H3. The maximum atomic E-state index is 13.8. The van der Waals surface area contributed by atoms with Crippen molar-refractivity contribution >= 4 is 11.6 Å². The number of benzene rings is 1. The van der Waals surface area contributed by atoms with Crippen LogP contribution in [-0.4, -0.2) is 22.0 Å². The van der Waals surface area contributed by atoms with Crippen molar-refractivity contribution in [1.82, 2.24) is 9.38 Å². The molecule has 0 atom stereocenters. The molecule has 0 aliphatic heterocycles. The zero-order valence-corrected chi connectivity index (χ0v) is 14.7. The summed E-state index contributed by atoms with van der Waals surface area (Å²) in [6.45, 7) is 5.18. The molecule has 0 spiro atoms. The van der Waals surface area contributed by atoms with E-state index in [2.05, 4.69) is 4.98 Å². The van der Waals surface area contributed by atoms with E-state index in [-0.39, 0.29) is 18.8 Å². The number of hydrogen-bond acceptors (Lipinski definition) is 4. The van der Waals surface area contributed by atoms with Crippen molar-refractivity contribution in [2.45, 2.75) is 27.4 Å². The van der Waals surface area contributed by atoms with Crippen LogP contribution in [0.2, 0.25) is 0 Å². The Labute approximate surface area is 149 Å². The van der Waals surface area contributed by atoms with Gasteiger partial charge in [-0.15, -0.1) is 0 Å². The molecule has 5 nitrogen and oxygen atoms in total. The summed E-state index contributed by atoms with van der Waals surface area (Å²) >= 11 is 0. The van der Waals surface area contributed by atoms with Crippen LogP contribution in [0.15, 0.2) is 30.5 Å². The Balaban J connectivity index is 2.01. The second kappa shape index (κ2) is 7.11. The summed E-state index contributed by atoms with van der Waals surface area (Å²) in [5.74, 6) is -1.53. The monoisotopic (exact) mass is 360 g/mol. The largest absolute Gasteiger partial charge is 0.485 e. The molecule has 0 radical (unpaired) electrons. The zero-order valence-electron chi connectivity index (χ0n) is 14.7. The van der Waals surface area contributed by atoms with Crippen molar-refractivity contribution in [3.05, 3.63) is 64.6 Å². The van der Waals surface area contributed by atoms with Gasteiger partial charge in [0.05, 0.1) is 17.9 Å². The van der Waals surface area contributed by atoms with Crippen LogP contribution in [0.25, 0.3) is 5.65 Å². The number of carbonyl (C=O) groups is 1. The number of aryl methyl sites for hydroxylation is 2. The van der Waals surface area contributed by atoms with Gasteiger partial charge < -0.3 is 9.47 Å². The summed E-state index contributed by atoms with van der Waals surface area (Å²) in [4.78, 5) is 16.6. The molecule has 2 heterocycles. The van der Waals surface area contributed by atoms with Crippen LogP contribution in [0.1, 0.15) is 34.2 Å². The van der Waals surface area contributed by atoms with E-state index >= 15 is 0 Å². The lowest BCUT2D eigenvalue weighted by Gasteiger charge is -2.11. The fraction of sp³-hybridized carbons (Fsp3) is 0.263. The highest BCUT2D eigenvalue weighted by atomic mass is 19.1. The molecular formula is C19H18F2N2O3. The van der Waals surface area contributed by atoms with E-state index in [1.807, 2.05) is 6.92 Å². The zero-order chi connectivity index (χ0) is 18.8. The Kier molecular flexibility index (Phi) is 4.88. The maximum absolute atomic E-state index is 13.8. The fourth-order valence-electron chi connectivity index (χ4n) is 2.73. The molecule has 0 bridgehead atoms. The van der Waals surface area contributed by atoms with E-state index in [1.165, 1.54) is 18.2 Å². The molecule has 1 aromatic carbocycles. The number of ether oxygens (including phenoxy) is 2. The van der Waals surface area contributed by atoms with E-state index < -0.39 is 17.6 Å². The number of rotatable bonds is 5. The number of hydrogen-bond donors (Lipinski definition) is 0. The minimum absolute atomic E-state index is 0.166. The molecule has 3 aromatic rings. The van der Waals surface area contributed by atoms with Crippen molar-refractivity contribution in [1.29, 1.82) is 0 Å². The first-order valence-corrected chi connectivity index (χ1v) is 8.14. The summed E-state index contributed by atoms with van der Waals surface area (Å²) in [7, 11) is 0. The van der Waals surface area contributed by atoms with Gasteiger partial charge in [-0.25, -0.2) is 18.6 Å². The quantitative estimate of drug-likeness (QED) is 0.646. The number of nitrogens with zero attached hydrogens (tertiary/aromatic N) is 2. The lowest BCUT2D eigenvalue weighted by atomic mass is 10.2. The van der Waals surface area contributed by atoms with Crippen LogP contribution >= 0.6 is 0 Å². The van der Waals surface area contributed by atoms with Gasteiger partial charge in [0.2, 0.25) is 0 Å². The molecule has 0 saturated carbocycles. The molecule has 0 aliphatic carbocycles. The molecule has 0 N–H and O–H groups in total. The molecule has 0 aliphatic rings. The predicted octanol–water partition coefficient (Wildman–Crippen LogP) is 3.99. The van der Waals surface area contributed by atoms with Gasteiger partial charge in [0.1, 0.15) is 18.2 Å². The van der Waals surface area contributed by atoms with Gasteiger partial charge in [0, 0.05) is 6.20 Å². The summed E-state index contributed by atoms with van der Waals surface area (Å²) in [5.41, 5.74) is 1.79. The molecule has 3 rings (SSSR count). The summed E-state index contributed by atoms with van der Waals surface area (Å²) in [5, 5.41) is 0. The summed E-state index contributed by atoms with van der Waals surface area (Å²) in [6, 6.07) is 5.34. The summed E-state index contributed by atoms with van der Waals surface area (Å²) < 4.78 is 39.9. The number of esters is 1. The SMILES string of the molecule is CCOC(=O)c1c(C)nc2c(OCc3c(F)cccc3F)cc(C)cn12. The van der Waals surface area contributed by atoms with E-state index in [0.717, 1.165) is 5.56 Å². The number of carbonyl (C=O) groups excluding carboxylic acids is 1. The minimum atomic E-state index is -0.680. The number of aromatic nitrogens is 2. The lowest BCUT2D eigenvalue weighted by molar-refractivity contribution is 0.0517. The number of fused-ring (bicyclic) bond motifs is 1. The second-order valence-corrected chi connectivity index (χ2v) is 5.83. The molecule has 0 amide bonds. The molecule has 7 heteroatoms. The van der Waals surface area contributed by atoms with Crippen LogP contribution in [0.3, 0.4) is 0 Å². The Morgan fingerprint density at radius 2 is 1.92 bits per heavy atom. The molecule has 2 aromatic heterocycles. The third kappa shape index (κ3) is 3.24. The van der Waals surface area contributed by atoms with Crippen molar-refractivity contribution in [3.63, 3.8) is 0 Å². The minimum Gasteiger partial charge on any atom is -0.485 e. The van der Waals surface area contributed by atoms with E-state index in [1.54, 1.807) is 30.5 Å². The molecule has 0 fully saturated rings. The van der Waals surface area contributed by atoms with Gasteiger partial charge in [0.15, 0.2) is 17.1 Å². The Bertz CT molecular complexity index is 962. The normalized spacial score (nSPS) is 11.0. The first-order chi connectivity index (χ1) is 12.4. The highest BCUT2D eigenvalue weighted by Gasteiger charge is 2.21. The smallest absolute Gasteiger partial charge is 0.357 e. The number of halogens is 2. The van der Waals surface area contributed by atoms with Gasteiger partial charge in [-0.05, 0) is 44.5 Å².